The largest absolute Gasteiger partial charge is 0.341 e. The highest BCUT2D eigenvalue weighted by Gasteiger charge is 2.37. The molecule has 2 N–H and O–H groups in total. The third-order valence-electron chi connectivity index (χ3n) is 5.80. The molecular formula is C23H27N3O4S2. The molecule has 170 valence electrons. The minimum atomic E-state index is -3.84. The number of rotatable bonds is 4. The summed E-state index contributed by atoms with van der Waals surface area (Å²) in [6, 6.07) is 10.1. The van der Waals surface area contributed by atoms with Crippen molar-refractivity contribution in [3.8, 4) is 0 Å². The number of aryl methyl sites for hydroxylation is 2. The summed E-state index contributed by atoms with van der Waals surface area (Å²) in [7, 11) is -3.84. The summed E-state index contributed by atoms with van der Waals surface area (Å²) in [4.78, 5) is 28.1. The second-order valence-corrected chi connectivity index (χ2v) is 11.5. The zero-order valence-corrected chi connectivity index (χ0v) is 20.0. The van der Waals surface area contributed by atoms with E-state index in [0.717, 1.165) is 24.0 Å². The molecule has 2 amide bonds. The molecule has 0 spiro atoms. The molecule has 2 aliphatic heterocycles. The predicted octanol–water partition coefficient (Wildman–Crippen LogP) is 3.78. The standard InChI is InChI=1S/C23H27N3O4S2/c1-14-6-8-26(9-7-14)23(28)21-22(27)24-19-13-18(4-5-20(19)31-21)32(29,30)25-17-11-15(2)10-16(3)12-17/h4-5,10-14,21,25H,6-9H2,1-3H3,(H,24,27)/t21-/m0/s1. The summed E-state index contributed by atoms with van der Waals surface area (Å²) in [5, 5.41) is 1.88. The summed E-state index contributed by atoms with van der Waals surface area (Å²) in [5.74, 6) is -0.00789. The van der Waals surface area contributed by atoms with Gasteiger partial charge in [-0.15, -0.1) is 11.8 Å². The number of amides is 2. The van der Waals surface area contributed by atoms with Gasteiger partial charge in [0.05, 0.1) is 10.6 Å². The summed E-state index contributed by atoms with van der Waals surface area (Å²) < 4.78 is 28.4. The van der Waals surface area contributed by atoms with E-state index in [9.17, 15) is 18.0 Å². The molecule has 0 saturated carbocycles. The molecule has 4 rings (SSSR count). The van der Waals surface area contributed by atoms with Crippen LogP contribution in [-0.2, 0) is 19.6 Å². The lowest BCUT2D eigenvalue weighted by atomic mass is 9.99. The number of carbonyl (C=O) groups excluding carboxylic acids is 2. The number of hydrogen-bond acceptors (Lipinski definition) is 5. The van der Waals surface area contributed by atoms with E-state index in [0.29, 0.717) is 35.3 Å². The van der Waals surface area contributed by atoms with Crippen molar-refractivity contribution in [3.63, 3.8) is 0 Å². The van der Waals surface area contributed by atoms with E-state index in [1.165, 1.54) is 23.9 Å². The predicted molar refractivity (Wildman–Crippen MR) is 126 cm³/mol. The van der Waals surface area contributed by atoms with Crippen LogP contribution in [0.15, 0.2) is 46.2 Å². The Labute approximate surface area is 193 Å². The van der Waals surface area contributed by atoms with Crippen molar-refractivity contribution in [2.24, 2.45) is 5.92 Å². The first-order chi connectivity index (χ1) is 15.1. The van der Waals surface area contributed by atoms with Crippen LogP contribution in [0.2, 0.25) is 0 Å². The van der Waals surface area contributed by atoms with Crippen LogP contribution in [0.5, 0.6) is 0 Å². The SMILES string of the molecule is Cc1cc(C)cc(NS(=O)(=O)c2ccc3c(c2)NC(=O)[C@@H](C(=O)N2CCC(C)CC2)S3)c1. The van der Waals surface area contributed by atoms with Gasteiger partial charge in [0.1, 0.15) is 0 Å². The number of fused-ring (bicyclic) bond motifs is 1. The average Bonchev–Trinajstić information content (AvgIpc) is 2.71. The van der Waals surface area contributed by atoms with Gasteiger partial charge in [0.15, 0.2) is 5.25 Å². The molecule has 9 heteroatoms. The zero-order valence-electron chi connectivity index (χ0n) is 18.3. The molecule has 2 heterocycles. The quantitative estimate of drug-likeness (QED) is 0.659. The Kier molecular flexibility index (Phi) is 6.22. The maximum Gasteiger partial charge on any atom is 0.261 e. The molecule has 0 unspecified atom stereocenters. The van der Waals surface area contributed by atoms with E-state index in [4.69, 9.17) is 0 Å². The lowest BCUT2D eigenvalue weighted by Crippen LogP contribution is -2.47. The second-order valence-electron chi connectivity index (χ2n) is 8.63. The molecule has 0 bridgehead atoms. The third-order valence-corrected chi connectivity index (χ3v) is 8.44. The zero-order chi connectivity index (χ0) is 23.0. The van der Waals surface area contributed by atoms with Crippen LogP contribution in [-0.4, -0.2) is 43.5 Å². The van der Waals surface area contributed by atoms with Gasteiger partial charge >= 0.3 is 0 Å². The molecule has 1 atom stereocenters. The minimum Gasteiger partial charge on any atom is -0.341 e. The van der Waals surface area contributed by atoms with Crippen LogP contribution in [0.1, 0.15) is 30.9 Å². The lowest BCUT2D eigenvalue weighted by Gasteiger charge is -2.33. The van der Waals surface area contributed by atoms with Crippen LogP contribution in [0, 0.1) is 19.8 Å². The van der Waals surface area contributed by atoms with Gasteiger partial charge in [0, 0.05) is 23.7 Å². The number of piperidine rings is 1. The van der Waals surface area contributed by atoms with E-state index in [2.05, 4.69) is 17.0 Å². The van der Waals surface area contributed by atoms with Crippen LogP contribution >= 0.6 is 11.8 Å². The first kappa shape index (κ1) is 22.7. The van der Waals surface area contributed by atoms with Crippen molar-refractivity contribution >= 4 is 45.0 Å². The van der Waals surface area contributed by atoms with Crippen molar-refractivity contribution < 1.29 is 18.0 Å². The molecule has 2 aliphatic rings. The number of hydrogen-bond donors (Lipinski definition) is 2. The van der Waals surface area contributed by atoms with Gasteiger partial charge in [-0.1, -0.05) is 13.0 Å². The number of sulfonamides is 1. The Hall–Kier alpha value is -2.52. The highest BCUT2D eigenvalue weighted by Crippen LogP contribution is 2.38. The molecule has 1 saturated heterocycles. The number of nitrogens with one attached hydrogen (secondary N) is 2. The first-order valence-corrected chi connectivity index (χ1v) is 13.0. The smallest absolute Gasteiger partial charge is 0.261 e. The fourth-order valence-electron chi connectivity index (χ4n) is 4.06. The number of thioether (sulfide) groups is 1. The Bertz CT molecular complexity index is 1150. The monoisotopic (exact) mass is 473 g/mol. The summed E-state index contributed by atoms with van der Waals surface area (Å²) >= 11 is 1.18. The van der Waals surface area contributed by atoms with Gasteiger partial charge in [-0.25, -0.2) is 8.42 Å². The van der Waals surface area contributed by atoms with Gasteiger partial charge in [-0.3, -0.25) is 14.3 Å². The molecular weight excluding hydrogens is 446 g/mol. The fourth-order valence-corrected chi connectivity index (χ4v) is 6.18. The first-order valence-electron chi connectivity index (χ1n) is 10.6. The van der Waals surface area contributed by atoms with Crippen molar-refractivity contribution in [1.29, 1.82) is 0 Å². The fraction of sp³-hybridized carbons (Fsp3) is 0.391. The van der Waals surface area contributed by atoms with Gasteiger partial charge in [-0.2, -0.15) is 0 Å². The molecule has 1 fully saturated rings. The lowest BCUT2D eigenvalue weighted by molar-refractivity contribution is -0.135. The Morgan fingerprint density at radius 3 is 2.41 bits per heavy atom. The van der Waals surface area contributed by atoms with Gasteiger partial charge in [0.25, 0.3) is 10.0 Å². The van der Waals surface area contributed by atoms with Gasteiger partial charge in [-0.05, 0) is 74.1 Å². The normalized spacial score (nSPS) is 19.3. The minimum absolute atomic E-state index is 0.0473. The van der Waals surface area contributed by atoms with Gasteiger partial charge < -0.3 is 10.2 Å². The molecule has 2 aromatic carbocycles. The van der Waals surface area contributed by atoms with E-state index < -0.39 is 21.2 Å². The topological polar surface area (TPSA) is 95.6 Å². The van der Waals surface area contributed by atoms with E-state index in [1.54, 1.807) is 23.1 Å². The number of nitrogens with zero attached hydrogens (tertiary/aromatic N) is 1. The summed E-state index contributed by atoms with van der Waals surface area (Å²) in [5.41, 5.74) is 2.80. The van der Waals surface area contributed by atoms with Crippen LogP contribution in [0.4, 0.5) is 11.4 Å². The molecule has 32 heavy (non-hydrogen) atoms. The molecule has 7 nitrogen and oxygen atoms in total. The molecule has 2 aromatic rings. The van der Waals surface area contributed by atoms with Gasteiger partial charge in [0.2, 0.25) is 11.8 Å². The molecule has 0 aliphatic carbocycles. The van der Waals surface area contributed by atoms with Crippen molar-refractivity contribution in [3.05, 3.63) is 47.5 Å². The van der Waals surface area contributed by atoms with Crippen LogP contribution < -0.4 is 10.0 Å². The van der Waals surface area contributed by atoms with Crippen molar-refractivity contribution in [2.45, 2.75) is 48.7 Å². The number of benzene rings is 2. The maximum atomic E-state index is 12.9. The maximum absolute atomic E-state index is 12.9. The third kappa shape index (κ3) is 4.78. The Morgan fingerprint density at radius 1 is 1.09 bits per heavy atom. The highest BCUT2D eigenvalue weighted by atomic mass is 32.2. The van der Waals surface area contributed by atoms with Crippen molar-refractivity contribution in [2.75, 3.05) is 23.1 Å². The van der Waals surface area contributed by atoms with Crippen LogP contribution in [0.25, 0.3) is 0 Å². The Balaban J connectivity index is 1.52. The Morgan fingerprint density at radius 2 is 1.75 bits per heavy atom. The molecule has 0 radical (unpaired) electrons. The average molecular weight is 474 g/mol. The number of likely N-dealkylation sites (tertiary alicyclic amines) is 1. The van der Waals surface area contributed by atoms with E-state index in [1.807, 2.05) is 19.9 Å². The van der Waals surface area contributed by atoms with E-state index in [-0.39, 0.29) is 10.8 Å². The second kappa shape index (κ2) is 8.78. The summed E-state index contributed by atoms with van der Waals surface area (Å²) in [6.45, 7) is 7.30. The highest BCUT2D eigenvalue weighted by molar-refractivity contribution is 8.01. The van der Waals surface area contributed by atoms with Crippen molar-refractivity contribution in [1.82, 2.24) is 4.90 Å². The number of anilines is 2. The molecule has 0 aromatic heterocycles. The van der Waals surface area contributed by atoms with E-state index >= 15 is 0 Å². The van der Waals surface area contributed by atoms with Crippen LogP contribution in [0.3, 0.4) is 0 Å². The number of carbonyl (C=O) groups is 2. The summed E-state index contributed by atoms with van der Waals surface area (Å²) in [6.07, 6.45) is 1.88.